The summed E-state index contributed by atoms with van der Waals surface area (Å²) in [4.78, 5) is 96.6. The van der Waals surface area contributed by atoms with E-state index in [4.69, 9.17) is 26.0 Å². The van der Waals surface area contributed by atoms with Crippen LogP contribution in [0.4, 0.5) is 46.8 Å². The Morgan fingerprint density at radius 2 is 0.828 bits per heavy atom. The molecule has 0 atom stereocenters. The van der Waals surface area contributed by atoms with Crippen molar-refractivity contribution in [2.45, 2.75) is 65.6 Å². The van der Waals surface area contributed by atoms with Gasteiger partial charge >= 0.3 is 18.2 Å². The molecule has 0 unspecified atom stereocenters. The van der Waals surface area contributed by atoms with Crippen LogP contribution in [0.5, 0.6) is 0 Å². The Bertz CT molecular complexity index is 3860. The topological polar surface area (TPSA) is 282 Å². The van der Waals surface area contributed by atoms with E-state index in [1.807, 2.05) is 90.1 Å². The number of carboxylic acids is 1. The van der Waals surface area contributed by atoms with Crippen LogP contribution in [0, 0.1) is 11.6 Å². The number of amides is 2. The number of aromatic nitrogens is 6. The Morgan fingerprint density at radius 1 is 0.483 bits per heavy atom. The molecule has 6 N–H and O–H groups in total. The summed E-state index contributed by atoms with van der Waals surface area (Å²) in [5.41, 5.74) is 19.6. The number of ether oxygens (including phenoxy) is 2. The second-order valence-corrected chi connectivity index (χ2v) is 23.1. The quantitative estimate of drug-likeness (QED) is 0.0738. The summed E-state index contributed by atoms with van der Waals surface area (Å²) >= 11 is 0. The standard InChI is InChI=1S/C25H28FN5O3.C20H20FN5O.C18H22N4O4/c1-25(2,3)34-24(33)31-10-8-30(9-11-31)18-5-7-20-21(14-18)28-15-22(29-20)23(32)13-16-12-17(26)4-6-19(16)27;21-14-1-3-16(22)13(9-14)10-20(27)19-12-24-18-11-15(2-4-17(18)25-19)26-7-5-23-6-8-26;1-18(2,3)26-17(25)22-8-6-21(7-9-22)12-4-5-13-14(10-12)19-11-15(20-13)16(23)24/h4-7,12,14-15H,8-11,13,27H2,1-3H3;1-4,9,11-12,23H,5-8,10,22H2;4-5,10-11H,6-9H2,1-3H3,(H,23,24). The number of carboxylic acid groups (broad SMARTS) is 1. The van der Waals surface area contributed by atoms with Crippen molar-refractivity contribution in [2.24, 2.45) is 0 Å². The van der Waals surface area contributed by atoms with E-state index in [9.17, 15) is 32.8 Å². The van der Waals surface area contributed by atoms with Crippen LogP contribution in [0.1, 0.15) is 84.1 Å². The van der Waals surface area contributed by atoms with Crippen molar-refractivity contribution in [2.75, 3.05) is 105 Å². The number of fused-ring (bicyclic) bond motifs is 3. The van der Waals surface area contributed by atoms with E-state index in [0.717, 1.165) is 48.8 Å². The summed E-state index contributed by atoms with van der Waals surface area (Å²) in [6, 6.07) is 25.1. The van der Waals surface area contributed by atoms with Crippen molar-refractivity contribution in [1.29, 1.82) is 0 Å². The normalized spacial score (nSPS) is 14.6. The van der Waals surface area contributed by atoms with Crippen LogP contribution >= 0.6 is 0 Å². The van der Waals surface area contributed by atoms with Gasteiger partial charge in [-0.25, -0.2) is 38.1 Å². The summed E-state index contributed by atoms with van der Waals surface area (Å²) < 4.78 is 37.8. The van der Waals surface area contributed by atoms with Crippen LogP contribution in [-0.4, -0.2) is 164 Å². The Hall–Kier alpha value is -9.71. The number of hydrogen-bond acceptors (Lipinski definition) is 19. The number of Topliss-reactive ketones (excluding diaryl/α,β-unsaturated/α-hetero) is 2. The average Bonchev–Trinajstić information content (AvgIpc) is 2.70. The largest absolute Gasteiger partial charge is 0.476 e. The third-order valence-corrected chi connectivity index (χ3v) is 14.4. The lowest BCUT2D eigenvalue weighted by atomic mass is 10.1. The minimum atomic E-state index is -1.10. The number of carbonyl (C=O) groups is 5. The maximum absolute atomic E-state index is 13.5. The third-order valence-electron chi connectivity index (χ3n) is 14.4. The van der Waals surface area contributed by atoms with E-state index in [-0.39, 0.29) is 53.7 Å². The summed E-state index contributed by atoms with van der Waals surface area (Å²) in [5.74, 6) is -2.48. The molecule has 11 rings (SSSR count). The molecule has 3 saturated heterocycles. The summed E-state index contributed by atoms with van der Waals surface area (Å²) in [6.07, 6.45) is 3.52. The molecule has 454 valence electrons. The van der Waals surface area contributed by atoms with Crippen LogP contribution in [0.2, 0.25) is 0 Å². The van der Waals surface area contributed by atoms with Crippen molar-refractivity contribution >= 4 is 91.3 Å². The highest BCUT2D eigenvalue weighted by Gasteiger charge is 2.28. The van der Waals surface area contributed by atoms with Gasteiger partial charge in [-0.15, -0.1) is 0 Å². The number of anilines is 5. The summed E-state index contributed by atoms with van der Waals surface area (Å²) in [7, 11) is 0. The molecule has 8 aromatic rings. The van der Waals surface area contributed by atoms with Crippen LogP contribution in [0.25, 0.3) is 33.1 Å². The Labute approximate surface area is 501 Å². The van der Waals surface area contributed by atoms with E-state index in [1.54, 1.807) is 15.9 Å². The SMILES string of the molecule is CC(C)(C)OC(=O)N1CCN(c2ccc3nc(C(=O)Cc4cc(F)ccc4N)cnc3c2)CC1.CC(C)(C)OC(=O)N1CCN(c2ccc3nc(C(=O)O)cnc3c2)CC1.Nc1ccc(F)cc1CC(=O)c1cnc2cc(N3CCNCC3)ccc2n1. The van der Waals surface area contributed by atoms with Gasteiger partial charge in [-0.2, -0.15) is 0 Å². The average molecular weight is 1190 g/mol. The molecule has 6 heterocycles. The van der Waals surface area contributed by atoms with Gasteiger partial charge in [0.05, 0.1) is 51.7 Å². The van der Waals surface area contributed by atoms with E-state index < -0.39 is 28.8 Å². The maximum atomic E-state index is 13.5. The number of ketones is 2. The minimum absolute atomic E-state index is 0.0113. The Balaban J connectivity index is 0.000000157. The number of nitrogens with one attached hydrogen (secondary N) is 1. The molecule has 22 nitrogen and oxygen atoms in total. The van der Waals surface area contributed by atoms with E-state index in [2.05, 4.69) is 49.9 Å². The van der Waals surface area contributed by atoms with Crippen LogP contribution in [0.15, 0.2) is 110 Å². The molecule has 0 saturated carbocycles. The molecule has 24 heteroatoms. The molecular formula is C63H70F2N14O8. The first-order chi connectivity index (χ1) is 41.4. The molecule has 0 spiro atoms. The van der Waals surface area contributed by atoms with Crippen molar-refractivity contribution < 1.29 is 47.3 Å². The lowest BCUT2D eigenvalue weighted by molar-refractivity contribution is 0.0230. The fraction of sp³-hybridized carbons (Fsp3) is 0.349. The van der Waals surface area contributed by atoms with Crippen LogP contribution < -0.4 is 31.5 Å². The van der Waals surface area contributed by atoms with Gasteiger partial charge in [0.2, 0.25) is 0 Å². The fourth-order valence-electron chi connectivity index (χ4n) is 9.81. The maximum Gasteiger partial charge on any atom is 0.410 e. The number of hydrogen-bond donors (Lipinski definition) is 4. The van der Waals surface area contributed by atoms with Gasteiger partial charge in [0.25, 0.3) is 0 Å². The number of nitrogens with zero attached hydrogens (tertiary/aromatic N) is 11. The first kappa shape index (κ1) is 61.8. The van der Waals surface area contributed by atoms with E-state index in [0.29, 0.717) is 102 Å². The highest BCUT2D eigenvalue weighted by atomic mass is 19.1. The van der Waals surface area contributed by atoms with E-state index in [1.165, 1.54) is 55.0 Å². The van der Waals surface area contributed by atoms with Crippen molar-refractivity contribution in [1.82, 2.24) is 45.0 Å². The van der Waals surface area contributed by atoms with Gasteiger partial charge in [0.15, 0.2) is 17.3 Å². The van der Waals surface area contributed by atoms with Gasteiger partial charge in [-0.3, -0.25) is 24.5 Å². The van der Waals surface area contributed by atoms with Crippen molar-refractivity contribution in [3.05, 3.63) is 149 Å². The van der Waals surface area contributed by atoms with Gasteiger partial charge < -0.3 is 55.9 Å². The predicted octanol–water partition coefficient (Wildman–Crippen LogP) is 8.40. The highest BCUT2D eigenvalue weighted by Crippen LogP contribution is 2.27. The lowest BCUT2D eigenvalue weighted by Gasteiger charge is -2.36. The number of nitrogen functional groups attached to an aromatic ring is 2. The molecule has 5 aromatic carbocycles. The van der Waals surface area contributed by atoms with Gasteiger partial charge in [-0.05, 0) is 144 Å². The molecular weight excluding hydrogens is 1120 g/mol. The number of halogens is 2. The lowest BCUT2D eigenvalue weighted by Crippen LogP contribution is -2.50. The zero-order valence-electron chi connectivity index (χ0n) is 49.4. The number of rotatable bonds is 10. The van der Waals surface area contributed by atoms with Gasteiger partial charge in [0.1, 0.15) is 34.2 Å². The first-order valence-corrected chi connectivity index (χ1v) is 28.5. The number of benzene rings is 5. The Kier molecular flexibility index (Phi) is 19.0. The van der Waals surface area contributed by atoms with Crippen LogP contribution in [0.3, 0.4) is 0 Å². The van der Waals surface area contributed by atoms with E-state index >= 15 is 0 Å². The summed E-state index contributed by atoms with van der Waals surface area (Å²) in [6.45, 7) is 19.9. The number of piperazine rings is 3. The molecule has 3 aliphatic heterocycles. The number of aromatic carboxylic acids is 1. The molecule has 3 aromatic heterocycles. The monoisotopic (exact) mass is 1190 g/mol. The molecule has 0 aliphatic carbocycles. The molecule has 0 bridgehead atoms. The second-order valence-electron chi connectivity index (χ2n) is 23.1. The fourth-order valence-corrected chi connectivity index (χ4v) is 9.81. The molecule has 0 radical (unpaired) electrons. The number of nitrogens with two attached hydrogens (primary N) is 2. The second kappa shape index (κ2) is 26.7. The first-order valence-electron chi connectivity index (χ1n) is 28.5. The molecule has 3 fully saturated rings. The number of carbonyl (C=O) groups excluding carboxylic acids is 4. The zero-order chi connectivity index (χ0) is 62.2. The third kappa shape index (κ3) is 16.4. The molecule has 87 heavy (non-hydrogen) atoms. The smallest absolute Gasteiger partial charge is 0.410 e. The van der Waals surface area contributed by atoms with Crippen molar-refractivity contribution in [3.8, 4) is 0 Å². The van der Waals surface area contributed by atoms with Crippen LogP contribution in [-0.2, 0) is 22.3 Å². The van der Waals surface area contributed by atoms with Crippen molar-refractivity contribution in [3.63, 3.8) is 0 Å². The Morgan fingerprint density at radius 3 is 1.18 bits per heavy atom. The molecule has 2 amide bonds. The highest BCUT2D eigenvalue weighted by molar-refractivity contribution is 5.99. The van der Waals surface area contributed by atoms with Gasteiger partial charge in [-0.1, -0.05) is 0 Å². The summed E-state index contributed by atoms with van der Waals surface area (Å²) in [5, 5.41) is 12.3. The van der Waals surface area contributed by atoms with Gasteiger partial charge in [0, 0.05) is 120 Å². The minimum Gasteiger partial charge on any atom is -0.476 e. The molecule has 3 aliphatic rings. The predicted molar refractivity (Wildman–Crippen MR) is 328 cm³/mol. The zero-order valence-corrected chi connectivity index (χ0v) is 49.4.